The summed E-state index contributed by atoms with van der Waals surface area (Å²) in [5.41, 5.74) is 1.95. The van der Waals surface area contributed by atoms with Gasteiger partial charge in [0.25, 0.3) is 0 Å². The van der Waals surface area contributed by atoms with Crippen molar-refractivity contribution in [1.29, 1.82) is 0 Å². The molecule has 1 saturated heterocycles. The quantitative estimate of drug-likeness (QED) is 0.542. The molecule has 0 aliphatic carbocycles. The van der Waals surface area contributed by atoms with Gasteiger partial charge in [-0.25, -0.2) is 4.79 Å². The number of Topliss-reactive ketones (excluding diaryl/α,β-unsaturated/α-hetero) is 1. The number of hydrogen-bond acceptors (Lipinski definition) is 7. The van der Waals surface area contributed by atoms with Gasteiger partial charge in [-0.3, -0.25) is 9.59 Å². The van der Waals surface area contributed by atoms with E-state index in [0.29, 0.717) is 5.92 Å². The molecule has 2 rings (SSSR count). The Labute approximate surface area is 151 Å². The van der Waals surface area contributed by atoms with Gasteiger partial charge >= 0.3 is 11.9 Å². The van der Waals surface area contributed by atoms with Crippen molar-refractivity contribution in [1.82, 2.24) is 0 Å². The van der Waals surface area contributed by atoms with Crippen LogP contribution in [0.25, 0.3) is 0 Å². The number of carbonyl (C=O) groups is 3. The molecule has 1 aliphatic heterocycles. The summed E-state index contributed by atoms with van der Waals surface area (Å²) in [4.78, 5) is 34.8. The molecule has 1 fully saturated rings. The molecule has 4 unspecified atom stereocenters. The van der Waals surface area contributed by atoms with Crippen LogP contribution in [0.15, 0.2) is 24.3 Å². The average Bonchev–Trinajstić information content (AvgIpc) is 2.86. The third-order valence-corrected chi connectivity index (χ3v) is 4.24. The van der Waals surface area contributed by atoms with E-state index in [0.717, 1.165) is 12.0 Å². The Kier molecular flexibility index (Phi) is 6.50. The van der Waals surface area contributed by atoms with Crippen LogP contribution in [0, 0.1) is 5.92 Å². The summed E-state index contributed by atoms with van der Waals surface area (Å²) in [7, 11) is 0. The van der Waals surface area contributed by atoms with Crippen LogP contribution in [-0.4, -0.2) is 52.9 Å². The summed E-state index contributed by atoms with van der Waals surface area (Å²) < 4.78 is 9.62. The molecule has 1 aromatic carbocycles. The minimum atomic E-state index is -1.89. The summed E-state index contributed by atoms with van der Waals surface area (Å²) in [5, 5.41) is 19.1. The maximum Gasteiger partial charge on any atom is 0.343 e. The van der Waals surface area contributed by atoms with Crippen LogP contribution in [-0.2, 0) is 30.3 Å². The predicted octanol–water partition coefficient (Wildman–Crippen LogP) is 0.748. The number of aliphatic hydroxyl groups excluding tert-OH is 2. The third kappa shape index (κ3) is 4.68. The highest BCUT2D eigenvalue weighted by atomic mass is 16.6. The lowest BCUT2D eigenvalue weighted by Crippen LogP contribution is -2.38. The van der Waals surface area contributed by atoms with E-state index in [1.807, 2.05) is 24.3 Å². The first-order valence-corrected chi connectivity index (χ1v) is 8.56. The molecule has 142 valence electrons. The molecule has 0 spiro atoms. The van der Waals surface area contributed by atoms with Crippen LogP contribution < -0.4 is 0 Å². The van der Waals surface area contributed by atoms with E-state index < -0.39 is 48.6 Å². The Morgan fingerprint density at radius 1 is 1.19 bits per heavy atom. The van der Waals surface area contributed by atoms with Gasteiger partial charge in [0.15, 0.2) is 6.10 Å². The number of esters is 2. The molecule has 1 aromatic rings. The van der Waals surface area contributed by atoms with Crippen molar-refractivity contribution >= 4 is 17.7 Å². The number of ether oxygens (including phenoxy) is 2. The maximum atomic E-state index is 12.2. The zero-order valence-electron chi connectivity index (χ0n) is 15.0. The highest BCUT2D eigenvalue weighted by Crippen LogP contribution is 2.20. The van der Waals surface area contributed by atoms with Gasteiger partial charge in [-0.2, -0.15) is 0 Å². The molecule has 0 saturated carbocycles. The molecule has 0 amide bonds. The van der Waals surface area contributed by atoms with E-state index in [2.05, 4.69) is 18.6 Å². The van der Waals surface area contributed by atoms with Gasteiger partial charge < -0.3 is 19.7 Å². The van der Waals surface area contributed by atoms with Crippen molar-refractivity contribution in [3.8, 4) is 0 Å². The Morgan fingerprint density at radius 3 is 2.31 bits per heavy atom. The Morgan fingerprint density at radius 2 is 1.81 bits per heavy atom. The summed E-state index contributed by atoms with van der Waals surface area (Å²) in [6, 6.07) is 7.65. The molecule has 4 atom stereocenters. The average molecular weight is 364 g/mol. The first-order chi connectivity index (χ1) is 12.2. The van der Waals surface area contributed by atoms with Crippen LogP contribution in [0.5, 0.6) is 0 Å². The highest BCUT2D eigenvalue weighted by molar-refractivity contribution is 6.09. The number of ketones is 1. The zero-order chi connectivity index (χ0) is 19.4. The van der Waals surface area contributed by atoms with Crippen molar-refractivity contribution in [3.05, 3.63) is 35.4 Å². The number of carbonyl (C=O) groups excluding carboxylic acids is 3. The Hall–Kier alpha value is -2.25. The van der Waals surface area contributed by atoms with Crippen LogP contribution in [0.2, 0.25) is 0 Å². The SMILES string of the molecule is CC(C)Cc1ccc(C(C)C(=O)OCC(O)C2OC(=O)C(O)C2=O)cc1. The second-order valence-corrected chi connectivity index (χ2v) is 6.92. The zero-order valence-corrected chi connectivity index (χ0v) is 15.0. The van der Waals surface area contributed by atoms with Gasteiger partial charge in [0.2, 0.25) is 11.9 Å². The van der Waals surface area contributed by atoms with Crippen molar-refractivity contribution in [2.75, 3.05) is 6.61 Å². The highest BCUT2D eigenvalue weighted by Gasteiger charge is 2.46. The van der Waals surface area contributed by atoms with Gasteiger partial charge in [0, 0.05) is 0 Å². The fraction of sp³-hybridized carbons (Fsp3) is 0.526. The Bertz CT molecular complexity index is 665. The topological polar surface area (TPSA) is 110 Å². The number of rotatable bonds is 7. The standard InChI is InChI=1S/C19H24O7/c1-10(2)8-12-4-6-13(7-5-12)11(3)18(23)25-9-14(20)17-15(21)16(22)19(24)26-17/h4-7,10-11,14,16-17,20,22H,8-9H2,1-3H3. The van der Waals surface area contributed by atoms with Crippen LogP contribution >= 0.6 is 0 Å². The smallest absolute Gasteiger partial charge is 0.343 e. The lowest BCUT2D eigenvalue weighted by molar-refractivity contribution is -0.157. The molecule has 0 bridgehead atoms. The first-order valence-electron chi connectivity index (χ1n) is 8.56. The lowest BCUT2D eigenvalue weighted by atomic mass is 9.97. The van der Waals surface area contributed by atoms with Gasteiger partial charge in [-0.15, -0.1) is 0 Å². The van der Waals surface area contributed by atoms with Gasteiger partial charge in [0.1, 0.15) is 12.7 Å². The first kappa shape index (κ1) is 20.1. The van der Waals surface area contributed by atoms with Gasteiger partial charge in [0.05, 0.1) is 5.92 Å². The van der Waals surface area contributed by atoms with Crippen molar-refractivity contribution in [2.24, 2.45) is 5.92 Å². The minimum absolute atomic E-state index is 0.509. The van der Waals surface area contributed by atoms with Gasteiger partial charge in [-0.05, 0) is 30.4 Å². The largest absolute Gasteiger partial charge is 0.462 e. The number of cyclic esters (lactones) is 1. The van der Waals surface area contributed by atoms with Crippen LogP contribution in [0.4, 0.5) is 0 Å². The molecule has 2 N–H and O–H groups in total. The molecule has 1 aliphatic rings. The normalized spacial score (nSPS) is 22.2. The third-order valence-electron chi connectivity index (χ3n) is 4.24. The Balaban J connectivity index is 1.89. The molecule has 7 nitrogen and oxygen atoms in total. The molecule has 0 aromatic heterocycles. The van der Waals surface area contributed by atoms with E-state index in [4.69, 9.17) is 4.74 Å². The predicted molar refractivity (Wildman–Crippen MR) is 91.3 cm³/mol. The summed E-state index contributed by atoms with van der Waals surface area (Å²) in [6.45, 7) is 5.43. The second-order valence-electron chi connectivity index (χ2n) is 6.92. The van der Waals surface area contributed by atoms with Crippen molar-refractivity contribution < 1.29 is 34.1 Å². The van der Waals surface area contributed by atoms with Crippen molar-refractivity contribution in [2.45, 2.75) is 51.4 Å². The summed E-state index contributed by atoms with van der Waals surface area (Å²) in [6.07, 6.45) is -3.98. The second kappa shape index (κ2) is 8.42. The fourth-order valence-electron chi connectivity index (χ4n) is 2.72. The van der Waals surface area contributed by atoms with E-state index in [-0.39, 0.29) is 0 Å². The number of benzene rings is 1. The van der Waals surface area contributed by atoms with Crippen LogP contribution in [0.3, 0.4) is 0 Å². The van der Waals surface area contributed by atoms with Gasteiger partial charge in [-0.1, -0.05) is 38.1 Å². The maximum absolute atomic E-state index is 12.2. The van der Waals surface area contributed by atoms with E-state index >= 15 is 0 Å². The monoisotopic (exact) mass is 364 g/mol. The van der Waals surface area contributed by atoms with Crippen molar-refractivity contribution in [3.63, 3.8) is 0 Å². The molecular weight excluding hydrogens is 340 g/mol. The molecule has 0 radical (unpaired) electrons. The minimum Gasteiger partial charge on any atom is -0.462 e. The van der Waals surface area contributed by atoms with Crippen LogP contribution in [0.1, 0.15) is 37.8 Å². The molecular formula is C19H24O7. The molecule has 7 heteroatoms. The summed E-state index contributed by atoms with van der Waals surface area (Å²) in [5.74, 6) is -2.64. The molecule has 1 heterocycles. The van der Waals surface area contributed by atoms with E-state index in [9.17, 15) is 24.6 Å². The molecule has 26 heavy (non-hydrogen) atoms. The lowest BCUT2D eigenvalue weighted by Gasteiger charge is -2.18. The number of hydrogen-bond donors (Lipinski definition) is 2. The van der Waals surface area contributed by atoms with E-state index in [1.165, 1.54) is 5.56 Å². The van der Waals surface area contributed by atoms with E-state index in [1.54, 1.807) is 6.92 Å². The summed E-state index contributed by atoms with van der Waals surface area (Å²) >= 11 is 0. The fourth-order valence-corrected chi connectivity index (χ4v) is 2.72. The number of aliphatic hydroxyl groups is 2.